The largest absolute Gasteiger partial charge is 0.465 e. The van der Waals surface area contributed by atoms with Gasteiger partial charge < -0.3 is 9.64 Å². The van der Waals surface area contributed by atoms with Crippen molar-refractivity contribution >= 4 is 11.8 Å². The number of aliphatic imine (C=N–C) groups is 1. The third kappa shape index (κ3) is 5.00. The lowest BCUT2D eigenvalue weighted by molar-refractivity contribution is -0.135. The Morgan fingerprint density at radius 2 is 1.95 bits per heavy atom. The quantitative estimate of drug-likeness (QED) is 0.323. The molecule has 0 spiro atoms. The molecule has 124 valence electrons. The van der Waals surface area contributed by atoms with Crippen LogP contribution >= 0.6 is 0 Å². The molecule has 0 N–H and O–H groups in total. The summed E-state index contributed by atoms with van der Waals surface area (Å²) in [5.74, 6) is 1.12. The molecule has 0 aromatic heterocycles. The van der Waals surface area contributed by atoms with Crippen LogP contribution in [0, 0.1) is 5.92 Å². The fraction of sp³-hybridized carbons (Fsp3) is 0.667. The van der Waals surface area contributed by atoms with Crippen LogP contribution in [-0.4, -0.2) is 36.9 Å². The van der Waals surface area contributed by atoms with Gasteiger partial charge in [-0.1, -0.05) is 24.5 Å². The van der Waals surface area contributed by atoms with Gasteiger partial charge in [-0.25, -0.2) is 9.79 Å². The van der Waals surface area contributed by atoms with E-state index in [0.717, 1.165) is 24.5 Å². The molecule has 0 unspecified atom stereocenters. The molecule has 0 atom stereocenters. The first-order valence-electron chi connectivity index (χ1n) is 8.25. The van der Waals surface area contributed by atoms with Crippen molar-refractivity contribution < 1.29 is 9.53 Å². The highest BCUT2D eigenvalue weighted by atomic mass is 16.5. The zero-order valence-corrected chi connectivity index (χ0v) is 14.7. The fourth-order valence-electron chi connectivity index (χ4n) is 2.94. The van der Waals surface area contributed by atoms with Gasteiger partial charge in [0, 0.05) is 19.3 Å². The molecule has 1 fully saturated rings. The molecular formula is C18H30N2O2. The molecular weight excluding hydrogens is 276 g/mol. The SMILES string of the molecule is C/C=C\N=C(/C(C(=O)OC)=C(C)C)N(CC)CC1CCCC1. The number of carbonyl (C=O) groups excluding carboxylic acids is 1. The molecule has 4 heteroatoms. The Labute approximate surface area is 134 Å². The number of likely N-dealkylation sites (N-methyl/N-ethyl adjacent to an activating group) is 1. The van der Waals surface area contributed by atoms with Crippen molar-refractivity contribution in [3.63, 3.8) is 0 Å². The van der Waals surface area contributed by atoms with Crippen molar-refractivity contribution in [2.45, 2.75) is 53.4 Å². The summed E-state index contributed by atoms with van der Waals surface area (Å²) < 4.78 is 4.97. The Bertz CT molecular complexity index is 454. The van der Waals surface area contributed by atoms with Gasteiger partial charge in [0.15, 0.2) is 0 Å². The minimum absolute atomic E-state index is 0.312. The van der Waals surface area contributed by atoms with Crippen LogP contribution in [0.25, 0.3) is 0 Å². The summed E-state index contributed by atoms with van der Waals surface area (Å²) in [7, 11) is 1.42. The molecule has 0 aromatic rings. The Morgan fingerprint density at radius 3 is 2.41 bits per heavy atom. The Hall–Kier alpha value is -1.58. The van der Waals surface area contributed by atoms with Crippen LogP contribution in [0.1, 0.15) is 53.4 Å². The highest BCUT2D eigenvalue weighted by Crippen LogP contribution is 2.26. The van der Waals surface area contributed by atoms with Gasteiger partial charge >= 0.3 is 5.97 Å². The number of allylic oxidation sites excluding steroid dienone is 2. The summed E-state index contributed by atoms with van der Waals surface area (Å²) in [6, 6.07) is 0. The van der Waals surface area contributed by atoms with E-state index < -0.39 is 0 Å². The third-order valence-corrected chi connectivity index (χ3v) is 4.09. The number of rotatable bonds is 6. The number of nitrogens with zero attached hydrogens (tertiary/aromatic N) is 2. The number of hydrogen-bond acceptors (Lipinski definition) is 3. The van der Waals surface area contributed by atoms with Gasteiger partial charge in [0.05, 0.1) is 7.11 Å². The Kier molecular flexibility index (Phi) is 7.92. The van der Waals surface area contributed by atoms with Crippen molar-refractivity contribution in [2.75, 3.05) is 20.2 Å². The number of hydrogen-bond donors (Lipinski definition) is 0. The predicted molar refractivity (Wildman–Crippen MR) is 91.8 cm³/mol. The number of amidine groups is 1. The minimum atomic E-state index is -0.312. The van der Waals surface area contributed by atoms with Crippen LogP contribution in [-0.2, 0) is 9.53 Å². The normalized spacial score (nSPS) is 16.1. The summed E-state index contributed by atoms with van der Waals surface area (Å²) in [5, 5.41) is 0. The lowest BCUT2D eigenvalue weighted by atomic mass is 10.0. The standard InChI is InChI=1S/C18H30N2O2/c1-6-12-19-17(16(14(3)4)18(21)22-5)20(7-2)13-15-10-8-9-11-15/h6,12,15H,7-11,13H2,1-5H3/b12-6-,19-17+. The zero-order valence-electron chi connectivity index (χ0n) is 14.7. The third-order valence-electron chi connectivity index (χ3n) is 4.09. The van der Waals surface area contributed by atoms with E-state index in [0.29, 0.717) is 11.5 Å². The smallest absolute Gasteiger partial charge is 0.341 e. The first-order chi connectivity index (χ1) is 10.5. The number of carbonyl (C=O) groups is 1. The van der Waals surface area contributed by atoms with E-state index in [-0.39, 0.29) is 5.97 Å². The Balaban J connectivity index is 3.13. The van der Waals surface area contributed by atoms with Gasteiger partial charge in [-0.05, 0) is 46.5 Å². The van der Waals surface area contributed by atoms with E-state index in [1.165, 1.54) is 32.8 Å². The molecule has 0 aliphatic heterocycles. The van der Waals surface area contributed by atoms with Crippen molar-refractivity contribution in [1.29, 1.82) is 0 Å². The molecule has 1 aliphatic carbocycles. The highest BCUT2D eigenvalue weighted by Gasteiger charge is 2.26. The van der Waals surface area contributed by atoms with Crippen molar-refractivity contribution in [3.8, 4) is 0 Å². The predicted octanol–water partition coefficient (Wildman–Crippen LogP) is 3.94. The summed E-state index contributed by atoms with van der Waals surface area (Å²) in [4.78, 5) is 19.0. The lowest BCUT2D eigenvalue weighted by Crippen LogP contribution is -2.38. The maximum Gasteiger partial charge on any atom is 0.341 e. The van der Waals surface area contributed by atoms with Crippen molar-refractivity contribution in [3.05, 3.63) is 23.4 Å². The van der Waals surface area contributed by atoms with E-state index in [9.17, 15) is 4.79 Å². The van der Waals surface area contributed by atoms with Crippen molar-refractivity contribution in [1.82, 2.24) is 4.90 Å². The average Bonchev–Trinajstić information content (AvgIpc) is 3.01. The van der Waals surface area contributed by atoms with Crippen LogP contribution < -0.4 is 0 Å². The van der Waals surface area contributed by atoms with E-state index in [4.69, 9.17) is 4.74 Å². The van der Waals surface area contributed by atoms with Crippen LogP contribution in [0.15, 0.2) is 28.4 Å². The van der Waals surface area contributed by atoms with E-state index >= 15 is 0 Å². The summed E-state index contributed by atoms with van der Waals surface area (Å²) >= 11 is 0. The van der Waals surface area contributed by atoms with Gasteiger partial charge in [-0.15, -0.1) is 0 Å². The van der Waals surface area contributed by atoms with Crippen LogP contribution in [0.2, 0.25) is 0 Å². The molecule has 4 nitrogen and oxygen atoms in total. The molecule has 0 bridgehead atoms. The molecule has 0 heterocycles. The monoisotopic (exact) mass is 306 g/mol. The summed E-state index contributed by atoms with van der Waals surface area (Å²) in [6.07, 6.45) is 8.81. The lowest BCUT2D eigenvalue weighted by Gasteiger charge is -2.28. The van der Waals surface area contributed by atoms with Crippen LogP contribution in [0.3, 0.4) is 0 Å². The van der Waals surface area contributed by atoms with Gasteiger partial charge in [-0.2, -0.15) is 0 Å². The highest BCUT2D eigenvalue weighted by molar-refractivity contribution is 6.19. The van der Waals surface area contributed by atoms with Gasteiger partial charge in [0.1, 0.15) is 11.4 Å². The molecule has 22 heavy (non-hydrogen) atoms. The van der Waals surface area contributed by atoms with Crippen LogP contribution in [0.5, 0.6) is 0 Å². The average molecular weight is 306 g/mol. The van der Waals surface area contributed by atoms with Crippen molar-refractivity contribution in [2.24, 2.45) is 10.9 Å². The van der Waals surface area contributed by atoms with Gasteiger partial charge in [0.2, 0.25) is 0 Å². The summed E-state index contributed by atoms with van der Waals surface area (Å²) in [5.41, 5.74) is 1.51. The van der Waals surface area contributed by atoms with E-state index in [1.54, 1.807) is 6.20 Å². The second-order valence-corrected chi connectivity index (χ2v) is 5.99. The summed E-state index contributed by atoms with van der Waals surface area (Å²) in [6.45, 7) is 9.69. The molecule has 0 aromatic carbocycles. The maximum atomic E-state index is 12.2. The van der Waals surface area contributed by atoms with Crippen LogP contribution in [0.4, 0.5) is 0 Å². The topological polar surface area (TPSA) is 41.9 Å². The molecule has 1 aliphatic rings. The molecule has 1 rings (SSSR count). The van der Waals surface area contributed by atoms with Gasteiger partial charge in [-0.3, -0.25) is 0 Å². The molecule has 0 saturated heterocycles. The number of ether oxygens (including phenoxy) is 1. The van der Waals surface area contributed by atoms with E-state index in [1.807, 2.05) is 26.8 Å². The number of esters is 1. The first-order valence-corrected chi connectivity index (χ1v) is 8.25. The molecule has 0 amide bonds. The van der Waals surface area contributed by atoms with E-state index in [2.05, 4.69) is 16.8 Å². The molecule has 1 saturated carbocycles. The molecule has 0 radical (unpaired) electrons. The Morgan fingerprint density at radius 1 is 1.32 bits per heavy atom. The second kappa shape index (κ2) is 9.44. The zero-order chi connectivity index (χ0) is 16.5. The first kappa shape index (κ1) is 18.5. The second-order valence-electron chi connectivity index (χ2n) is 5.99. The number of methoxy groups -OCH3 is 1. The minimum Gasteiger partial charge on any atom is -0.465 e. The fourth-order valence-corrected chi connectivity index (χ4v) is 2.94. The van der Waals surface area contributed by atoms with Gasteiger partial charge in [0.25, 0.3) is 0 Å². The maximum absolute atomic E-state index is 12.2.